The van der Waals surface area contributed by atoms with Gasteiger partial charge in [-0.3, -0.25) is 9.78 Å². The van der Waals surface area contributed by atoms with E-state index in [0.29, 0.717) is 18.0 Å². The van der Waals surface area contributed by atoms with Crippen molar-refractivity contribution in [3.8, 4) is 16.9 Å². The molecule has 0 radical (unpaired) electrons. The van der Waals surface area contributed by atoms with Gasteiger partial charge in [0.25, 0.3) is 0 Å². The minimum absolute atomic E-state index is 0.173. The molecule has 0 aliphatic carbocycles. The van der Waals surface area contributed by atoms with Crippen molar-refractivity contribution in [1.29, 1.82) is 0 Å². The molecule has 0 spiro atoms. The molecular weight excluding hydrogens is 314 g/mol. The SMILES string of the molecule is CC(C)C[C@@H](N)C(=O)Nc1ccc2c(c1)OC(C)(C)c1cnccc1-2. The van der Waals surface area contributed by atoms with Gasteiger partial charge in [-0.15, -0.1) is 0 Å². The number of anilines is 1. The highest BCUT2D eigenvalue weighted by molar-refractivity contribution is 5.95. The molecule has 0 fully saturated rings. The van der Waals surface area contributed by atoms with Gasteiger partial charge >= 0.3 is 0 Å². The molecule has 0 saturated carbocycles. The molecule has 1 atom stereocenters. The second kappa shape index (κ2) is 6.48. The van der Waals surface area contributed by atoms with Crippen LogP contribution in [0, 0.1) is 5.92 Å². The highest BCUT2D eigenvalue weighted by atomic mass is 16.5. The molecule has 132 valence electrons. The zero-order valence-corrected chi connectivity index (χ0v) is 15.2. The summed E-state index contributed by atoms with van der Waals surface area (Å²) in [6.07, 6.45) is 4.28. The van der Waals surface area contributed by atoms with Gasteiger partial charge in [0.1, 0.15) is 11.4 Å². The van der Waals surface area contributed by atoms with Crippen LogP contribution in [-0.4, -0.2) is 16.9 Å². The van der Waals surface area contributed by atoms with Gasteiger partial charge in [0.2, 0.25) is 5.91 Å². The van der Waals surface area contributed by atoms with E-state index >= 15 is 0 Å². The topological polar surface area (TPSA) is 77.2 Å². The van der Waals surface area contributed by atoms with E-state index in [4.69, 9.17) is 10.5 Å². The molecule has 5 nitrogen and oxygen atoms in total. The fraction of sp³-hybridized carbons (Fsp3) is 0.400. The highest BCUT2D eigenvalue weighted by Crippen LogP contribution is 2.45. The molecule has 0 saturated heterocycles. The van der Waals surface area contributed by atoms with E-state index < -0.39 is 11.6 Å². The minimum atomic E-state index is -0.514. The molecule has 5 heteroatoms. The minimum Gasteiger partial charge on any atom is -0.482 e. The average Bonchev–Trinajstić information content (AvgIpc) is 2.53. The summed E-state index contributed by atoms with van der Waals surface area (Å²) in [5.74, 6) is 0.950. The Morgan fingerprint density at radius 2 is 2.04 bits per heavy atom. The zero-order chi connectivity index (χ0) is 18.2. The average molecular weight is 339 g/mol. The highest BCUT2D eigenvalue weighted by Gasteiger charge is 2.32. The van der Waals surface area contributed by atoms with Gasteiger partial charge in [-0.25, -0.2) is 0 Å². The molecule has 1 amide bonds. The van der Waals surface area contributed by atoms with Crippen LogP contribution in [0.2, 0.25) is 0 Å². The van der Waals surface area contributed by atoms with Crippen molar-refractivity contribution in [2.75, 3.05) is 5.32 Å². The maximum Gasteiger partial charge on any atom is 0.241 e. The van der Waals surface area contributed by atoms with Crippen molar-refractivity contribution in [2.24, 2.45) is 11.7 Å². The third-order valence-electron chi connectivity index (χ3n) is 4.44. The Balaban J connectivity index is 1.88. The van der Waals surface area contributed by atoms with Crippen molar-refractivity contribution in [3.05, 3.63) is 42.2 Å². The monoisotopic (exact) mass is 339 g/mol. The number of hydrogen-bond donors (Lipinski definition) is 2. The molecule has 3 N–H and O–H groups in total. The van der Waals surface area contributed by atoms with Crippen LogP contribution in [0.25, 0.3) is 11.1 Å². The van der Waals surface area contributed by atoms with Crippen molar-refractivity contribution in [1.82, 2.24) is 4.98 Å². The zero-order valence-electron chi connectivity index (χ0n) is 15.2. The number of nitrogens with two attached hydrogens (primary N) is 1. The molecule has 1 aliphatic heterocycles. The number of amides is 1. The van der Waals surface area contributed by atoms with Crippen LogP contribution >= 0.6 is 0 Å². The van der Waals surface area contributed by atoms with Crippen LogP contribution in [0.5, 0.6) is 5.75 Å². The predicted molar refractivity (Wildman–Crippen MR) is 99.4 cm³/mol. The maximum absolute atomic E-state index is 12.3. The molecule has 25 heavy (non-hydrogen) atoms. The Morgan fingerprint density at radius 3 is 2.76 bits per heavy atom. The fourth-order valence-electron chi connectivity index (χ4n) is 3.20. The van der Waals surface area contributed by atoms with E-state index in [-0.39, 0.29) is 5.91 Å². The summed E-state index contributed by atoms with van der Waals surface area (Å²) in [5, 5.41) is 2.89. The first-order chi connectivity index (χ1) is 11.8. The van der Waals surface area contributed by atoms with Gasteiger partial charge in [-0.1, -0.05) is 13.8 Å². The molecule has 1 aliphatic rings. The molecule has 3 rings (SSSR count). The number of aromatic nitrogens is 1. The standard InChI is InChI=1S/C20H25N3O2/c1-12(2)9-17(21)19(24)23-13-5-6-15-14-7-8-22-11-16(14)20(3,4)25-18(15)10-13/h5-8,10-12,17H,9,21H2,1-4H3,(H,23,24)/t17-/m1/s1. The van der Waals surface area contributed by atoms with E-state index in [9.17, 15) is 4.79 Å². The first-order valence-electron chi connectivity index (χ1n) is 8.62. The lowest BCUT2D eigenvalue weighted by molar-refractivity contribution is -0.117. The van der Waals surface area contributed by atoms with Gasteiger partial charge in [-0.2, -0.15) is 0 Å². The van der Waals surface area contributed by atoms with Crippen molar-refractivity contribution < 1.29 is 9.53 Å². The van der Waals surface area contributed by atoms with E-state index in [1.165, 1.54) is 0 Å². The van der Waals surface area contributed by atoms with Gasteiger partial charge in [0, 0.05) is 35.3 Å². The second-order valence-corrected chi connectivity index (χ2v) is 7.47. The van der Waals surface area contributed by atoms with E-state index in [1.54, 1.807) is 6.20 Å². The number of ether oxygens (including phenoxy) is 1. The summed E-state index contributed by atoms with van der Waals surface area (Å²) in [6.45, 7) is 8.13. The lowest BCUT2D eigenvalue weighted by atomic mass is 9.88. The quantitative estimate of drug-likeness (QED) is 0.890. The van der Waals surface area contributed by atoms with Crippen LogP contribution in [0.3, 0.4) is 0 Å². The normalized spacial score (nSPS) is 15.8. The van der Waals surface area contributed by atoms with Gasteiger partial charge in [0.05, 0.1) is 6.04 Å². The Kier molecular flexibility index (Phi) is 4.52. The summed E-state index contributed by atoms with van der Waals surface area (Å²) < 4.78 is 6.17. The van der Waals surface area contributed by atoms with Crippen LogP contribution in [-0.2, 0) is 10.4 Å². The number of rotatable bonds is 4. The number of carbonyl (C=O) groups is 1. The molecule has 2 aromatic rings. The van der Waals surface area contributed by atoms with E-state index in [2.05, 4.69) is 10.3 Å². The molecule has 0 bridgehead atoms. The van der Waals surface area contributed by atoms with Crippen LogP contribution in [0.1, 0.15) is 39.7 Å². The summed E-state index contributed by atoms with van der Waals surface area (Å²) in [4.78, 5) is 16.5. The van der Waals surface area contributed by atoms with Crippen molar-refractivity contribution >= 4 is 11.6 Å². The number of nitrogens with zero attached hydrogens (tertiary/aromatic N) is 1. The molecule has 1 aromatic heterocycles. The van der Waals surface area contributed by atoms with E-state index in [0.717, 1.165) is 22.4 Å². The van der Waals surface area contributed by atoms with Crippen LogP contribution < -0.4 is 15.8 Å². The largest absolute Gasteiger partial charge is 0.482 e. The lowest BCUT2D eigenvalue weighted by Crippen LogP contribution is -2.36. The third-order valence-corrected chi connectivity index (χ3v) is 4.44. The molecular formula is C20H25N3O2. The van der Waals surface area contributed by atoms with Crippen molar-refractivity contribution in [2.45, 2.75) is 45.8 Å². The van der Waals surface area contributed by atoms with Gasteiger partial charge < -0.3 is 15.8 Å². The molecule has 2 heterocycles. The predicted octanol–water partition coefficient (Wildman–Crippen LogP) is 3.69. The number of carbonyl (C=O) groups excluding carboxylic acids is 1. The second-order valence-electron chi connectivity index (χ2n) is 7.47. The smallest absolute Gasteiger partial charge is 0.241 e. The first kappa shape index (κ1) is 17.4. The summed E-state index contributed by atoms with van der Waals surface area (Å²) >= 11 is 0. The maximum atomic E-state index is 12.3. The number of fused-ring (bicyclic) bond motifs is 3. The Hall–Kier alpha value is -2.40. The Labute approximate surface area is 148 Å². The fourth-order valence-corrected chi connectivity index (χ4v) is 3.20. The molecule has 1 aromatic carbocycles. The number of benzene rings is 1. The summed E-state index contributed by atoms with van der Waals surface area (Å²) in [5.41, 5.74) is 9.33. The van der Waals surface area contributed by atoms with Crippen LogP contribution in [0.15, 0.2) is 36.7 Å². The van der Waals surface area contributed by atoms with E-state index in [1.807, 2.05) is 58.2 Å². The number of hydrogen-bond acceptors (Lipinski definition) is 4. The number of nitrogens with one attached hydrogen (secondary N) is 1. The van der Waals surface area contributed by atoms with Gasteiger partial charge in [0.15, 0.2) is 0 Å². The van der Waals surface area contributed by atoms with Crippen LogP contribution in [0.4, 0.5) is 5.69 Å². The van der Waals surface area contributed by atoms with Gasteiger partial charge in [-0.05, 0) is 49.9 Å². The Bertz CT molecular complexity index is 799. The molecule has 0 unspecified atom stereocenters. The first-order valence-corrected chi connectivity index (χ1v) is 8.62. The number of pyridine rings is 1. The third kappa shape index (κ3) is 3.51. The van der Waals surface area contributed by atoms with Crippen molar-refractivity contribution in [3.63, 3.8) is 0 Å². The summed E-state index contributed by atoms with van der Waals surface area (Å²) in [6, 6.07) is 7.19. The lowest BCUT2D eigenvalue weighted by Gasteiger charge is -2.34. The summed E-state index contributed by atoms with van der Waals surface area (Å²) in [7, 11) is 0. The Morgan fingerprint density at radius 1 is 1.28 bits per heavy atom.